The van der Waals surface area contributed by atoms with E-state index in [2.05, 4.69) is 10.1 Å². The van der Waals surface area contributed by atoms with Crippen molar-refractivity contribution in [2.75, 3.05) is 18.0 Å². The van der Waals surface area contributed by atoms with Crippen LogP contribution in [-0.2, 0) is 7.05 Å². The van der Waals surface area contributed by atoms with Gasteiger partial charge in [-0.3, -0.25) is 4.98 Å². The van der Waals surface area contributed by atoms with Gasteiger partial charge in [0.1, 0.15) is 0 Å². The zero-order valence-corrected chi connectivity index (χ0v) is 23.4. The summed E-state index contributed by atoms with van der Waals surface area (Å²) in [5.41, 5.74) is 4.15. The molecule has 0 spiro atoms. The average molecular weight is 647 g/mol. The molecule has 6 rings (SSSR count). The first kappa shape index (κ1) is 25.2. The Labute approximate surface area is 234 Å². The number of carbonyl (C=O) groups excluding carboxylic acids is 1. The van der Waals surface area contributed by atoms with Gasteiger partial charge in [0.15, 0.2) is 0 Å². The fourth-order valence-electron chi connectivity index (χ4n) is 5.36. The summed E-state index contributed by atoms with van der Waals surface area (Å²) in [5, 5.41) is 6.03. The molecule has 4 heterocycles. The van der Waals surface area contributed by atoms with Crippen molar-refractivity contribution in [3.63, 3.8) is 0 Å². The molecule has 2 aliphatic heterocycles. The van der Waals surface area contributed by atoms with Gasteiger partial charge in [-0.1, -0.05) is 11.6 Å². The zero-order chi connectivity index (χ0) is 26.4. The van der Waals surface area contributed by atoms with Gasteiger partial charge < -0.3 is 0 Å². The maximum atomic E-state index is 14.2. The Morgan fingerprint density at radius 3 is 2.66 bits per heavy atom. The molecule has 2 aliphatic rings. The molecular formula is C28H24ClF2IN5O-. The summed E-state index contributed by atoms with van der Waals surface area (Å²) in [4.78, 5) is 20.9. The van der Waals surface area contributed by atoms with E-state index < -0.39 is 27.8 Å². The van der Waals surface area contributed by atoms with E-state index >= 15 is 0 Å². The molecule has 4 aromatic rings. The van der Waals surface area contributed by atoms with Gasteiger partial charge in [-0.15, -0.1) is 0 Å². The quantitative estimate of drug-likeness (QED) is 0.253. The predicted octanol–water partition coefficient (Wildman–Crippen LogP) is 2.98. The van der Waals surface area contributed by atoms with Crippen LogP contribution < -0.4 is 26.1 Å². The molecule has 0 N–H and O–H groups in total. The molecule has 0 aliphatic carbocycles. The summed E-state index contributed by atoms with van der Waals surface area (Å²) in [6.45, 7) is -1.58. The van der Waals surface area contributed by atoms with Crippen LogP contribution in [-0.4, -0.2) is 45.2 Å². The fraction of sp³-hybridized carbons (Fsp3) is 0.250. The number of halogens is 4. The summed E-state index contributed by atoms with van der Waals surface area (Å²) in [6, 6.07) is 14.9. The molecule has 38 heavy (non-hydrogen) atoms. The van der Waals surface area contributed by atoms with E-state index in [1.165, 1.54) is 4.90 Å². The van der Waals surface area contributed by atoms with Gasteiger partial charge in [-0.2, -0.15) is 0 Å². The van der Waals surface area contributed by atoms with Gasteiger partial charge in [0.2, 0.25) is 0 Å². The number of pyridine rings is 1. The number of anilines is 1. The molecule has 0 radical (unpaired) electrons. The molecule has 0 bridgehead atoms. The van der Waals surface area contributed by atoms with Crippen LogP contribution in [0.1, 0.15) is 23.2 Å². The zero-order valence-electron chi connectivity index (χ0n) is 20.5. The summed E-state index contributed by atoms with van der Waals surface area (Å²) < 4.78 is 33.1. The standard InChI is InChI=1S/C28H24ClF2IN5O/c1-35-26-20(25(34-35)18-13-19(29)16-33-15-18)5-4-6-21(26)27(38)36-11-9-17(10-12-36)24-14-32-22-7-2-3-8-23(22)37(24)28(30)31/h2-8,13-17,28H,9-12H2,1H3/q-1. The summed E-state index contributed by atoms with van der Waals surface area (Å²) in [7, 11) is 1.82. The Morgan fingerprint density at radius 1 is 1.11 bits per heavy atom. The predicted molar refractivity (Wildman–Crippen MR) is 139 cm³/mol. The van der Waals surface area contributed by atoms with E-state index in [1.54, 1.807) is 29.2 Å². The SMILES string of the molecule is Cn1nc(-c2cncc(Cl)c2)c2cccc(C(=O)N3CCC(C4=C[I-]c5ccccc5N4C(F)F)CC3)c21. The maximum absolute atomic E-state index is 14.2. The molecule has 0 saturated carbocycles. The minimum atomic E-state index is -2.60. The number of alkyl halides is 2. The first-order valence-corrected chi connectivity index (χ1v) is 15.0. The number of para-hydroxylation sites is 2. The molecule has 0 atom stereocenters. The first-order chi connectivity index (χ1) is 18.4. The van der Waals surface area contributed by atoms with Crippen LogP contribution in [0.15, 0.2) is 70.7 Å². The fourth-order valence-corrected chi connectivity index (χ4v) is 8.17. The normalized spacial score (nSPS) is 16.4. The third-order valence-electron chi connectivity index (χ3n) is 7.14. The Morgan fingerprint density at radius 2 is 1.89 bits per heavy atom. The van der Waals surface area contributed by atoms with E-state index in [0.29, 0.717) is 53.6 Å². The second kappa shape index (κ2) is 10.3. The van der Waals surface area contributed by atoms with Crippen LogP contribution in [0.4, 0.5) is 14.5 Å². The minimum absolute atomic E-state index is 0.00414. The van der Waals surface area contributed by atoms with E-state index in [-0.39, 0.29) is 11.8 Å². The molecular weight excluding hydrogens is 623 g/mol. The van der Waals surface area contributed by atoms with Gasteiger partial charge in [-0.25, -0.2) is 0 Å². The van der Waals surface area contributed by atoms with E-state index in [0.717, 1.165) is 20.0 Å². The van der Waals surface area contributed by atoms with Gasteiger partial charge in [0.25, 0.3) is 0 Å². The van der Waals surface area contributed by atoms with Crippen LogP contribution in [0.2, 0.25) is 5.02 Å². The molecule has 0 unspecified atom stereocenters. The van der Waals surface area contributed by atoms with Crippen molar-refractivity contribution in [1.82, 2.24) is 19.7 Å². The number of fused-ring (bicyclic) bond motifs is 2. The second-order valence-corrected chi connectivity index (χ2v) is 12.2. The van der Waals surface area contributed by atoms with Crippen molar-refractivity contribution in [3.05, 3.63) is 84.9 Å². The number of likely N-dealkylation sites (tertiary alicyclic amines) is 1. The summed E-state index contributed by atoms with van der Waals surface area (Å²) in [5.74, 6) is -0.0792. The number of hydrogen-bond donors (Lipinski definition) is 0. The Kier molecular flexibility index (Phi) is 6.81. The molecule has 10 heteroatoms. The van der Waals surface area contributed by atoms with E-state index in [4.69, 9.17) is 11.6 Å². The Hall–Kier alpha value is -3.05. The van der Waals surface area contributed by atoms with Crippen LogP contribution in [0.25, 0.3) is 22.2 Å². The van der Waals surface area contributed by atoms with Crippen LogP contribution >= 0.6 is 11.6 Å². The second-order valence-electron chi connectivity index (χ2n) is 9.37. The van der Waals surface area contributed by atoms with Crippen molar-refractivity contribution in [2.45, 2.75) is 19.4 Å². The van der Waals surface area contributed by atoms with Crippen molar-refractivity contribution >= 4 is 34.1 Å². The van der Waals surface area contributed by atoms with Gasteiger partial charge >= 0.3 is 195 Å². The number of benzene rings is 2. The number of rotatable bonds is 4. The number of aryl methyl sites for hydroxylation is 1. The third-order valence-corrected chi connectivity index (χ3v) is 9.88. The summed E-state index contributed by atoms with van der Waals surface area (Å²) >= 11 is 5.68. The molecule has 2 aromatic heterocycles. The van der Waals surface area contributed by atoms with Crippen LogP contribution in [0, 0.1) is 9.49 Å². The number of piperidine rings is 1. The van der Waals surface area contributed by atoms with Crippen molar-refractivity contribution in [2.24, 2.45) is 13.0 Å². The molecule has 6 nitrogen and oxygen atoms in total. The van der Waals surface area contributed by atoms with Gasteiger partial charge in [0.05, 0.1) is 5.02 Å². The number of amides is 1. The number of allylic oxidation sites excluding steroid dienone is 1. The van der Waals surface area contributed by atoms with Crippen molar-refractivity contribution < 1.29 is 34.8 Å². The number of carbonyl (C=O) groups is 1. The first-order valence-electron chi connectivity index (χ1n) is 12.3. The Bertz CT molecular complexity index is 1560. The third kappa shape index (κ3) is 4.45. The molecule has 2 aromatic carbocycles. The Balaban J connectivity index is 1.24. The van der Waals surface area contributed by atoms with Gasteiger partial charge in [0, 0.05) is 12.4 Å². The number of hydrogen-bond acceptors (Lipinski definition) is 4. The van der Waals surface area contributed by atoms with E-state index in [9.17, 15) is 13.6 Å². The van der Waals surface area contributed by atoms with Crippen molar-refractivity contribution in [1.29, 1.82) is 0 Å². The van der Waals surface area contributed by atoms with Crippen molar-refractivity contribution in [3.8, 4) is 11.3 Å². The topological polar surface area (TPSA) is 54.3 Å². The molecule has 1 saturated heterocycles. The number of aromatic nitrogens is 3. The molecule has 1 fully saturated rings. The van der Waals surface area contributed by atoms with Crippen LogP contribution in [0.3, 0.4) is 0 Å². The summed E-state index contributed by atoms with van der Waals surface area (Å²) in [6.07, 6.45) is 4.57. The van der Waals surface area contributed by atoms with E-state index in [1.807, 2.05) is 52.4 Å². The van der Waals surface area contributed by atoms with Gasteiger partial charge in [-0.05, 0) is 6.07 Å². The molecule has 1 amide bonds. The number of nitrogens with zero attached hydrogens (tertiary/aromatic N) is 5. The monoisotopic (exact) mass is 646 g/mol. The van der Waals surface area contributed by atoms with Crippen LogP contribution in [0.5, 0.6) is 0 Å². The molecule has 196 valence electrons. The average Bonchev–Trinajstić information content (AvgIpc) is 3.28.